The van der Waals surface area contributed by atoms with Crippen LogP contribution in [0.4, 0.5) is 0 Å². The van der Waals surface area contributed by atoms with Crippen LogP contribution in [0.3, 0.4) is 0 Å². The highest BCUT2D eigenvalue weighted by Gasteiger charge is 2.44. The van der Waals surface area contributed by atoms with Gasteiger partial charge in [-0.2, -0.15) is 0 Å². The van der Waals surface area contributed by atoms with Crippen LogP contribution in [0.5, 0.6) is 0 Å². The lowest BCUT2D eigenvalue weighted by Crippen LogP contribution is -2.51. The van der Waals surface area contributed by atoms with Gasteiger partial charge in [0.2, 0.25) is 5.91 Å². The van der Waals surface area contributed by atoms with E-state index >= 15 is 0 Å². The largest absolute Gasteiger partial charge is 0.345 e. The van der Waals surface area contributed by atoms with E-state index in [2.05, 4.69) is 22.8 Å². The van der Waals surface area contributed by atoms with Gasteiger partial charge in [0.1, 0.15) is 0 Å². The Kier molecular flexibility index (Phi) is 4.40. The van der Waals surface area contributed by atoms with Gasteiger partial charge in [-0.3, -0.25) is 4.79 Å². The van der Waals surface area contributed by atoms with Gasteiger partial charge in [-0.25, -0.2) is 0 Å². The minimum absolute atomic E-state index is 0.112. The Labute approximate surface area is 113 Å². The van der Waals surface area contributed by atoms with Crippen LogP contribution in [0, 0.1) is 5.41 Å². The van der Waals surface area contributed by atoms with Crippen molar-refractivity contribution in [2.45, 2.75) is 25.7 Å². The zero-order valence-electron chi connectivity index (χ0n) is 11.2. The molecule has 1 fully saturated rings. The zero-order valence-corrected chi connectivity index (χ0v) is 12.1. The lowest BCUT2D eigenvalue weighted by Gasteiger charge is -2.42. The molecule has 0 radical (unpaired) electrons. The molecule has 4 heteroatoms. The van der Waals surface area contributed by atoms with Crippen LogP contribution in [0.1, 0.15) is 24.1 Å². The SMILES string of the molecule is CNCC1(C(=O)N(C)CCc2cccs2)CCC1. The Bertz CT molecular complexity index is 385. The maximum atomic E-state index is 12.5. The highest BCUT2D eigenvalue weighted by atomic mass is 32.1. The molecule has 0 unspecified atom stereocenters. The first kappa shape index (κ1) is 13.6. The molecule has 0 aliphatic heterocycles. The fourth-order valence-electron chi connectivity index (χ4n) is 2.65. The van der Waals surface area contributed by atoms with Crippen molar-refractivity contribution in [2.24, 2.45) is 5.41 Å². The Morgan fingerprint density at radius 2 is 2.33 bits per heavy atom. The van der Waals surface area contributed by atoms with E-state index in [4.69, 9.17) is 0 Å². The fraction of sp³-hybridized carbons (Fsp3) is 0.643. The van der Waals surface area contributed by atoms with Gasteiger partial charge in [-0.1, -0.05) is 12.5 Å². The third kappa shape index (κ3) is 2.75. The molecule has 1 amide bonds. The van der Waals surface area contributed by atoms with Crippen molar-refractivity contribution in [3.05, 3.63) is 22.4 Å². The predicted molar refractivity (Wildman–Crippen MR) is 75.9 cm³/mol. The maximum absolute atomic E-state index is 12.5. The molecule has 100 valence electrons. The van der Waals surface area contributed by atoms with Crippen molar-refractivity contribution in [3.63, 3.8) is 0 Å². The minimum atomic E-state index is -0.112. The first-order valence-electron chi connectivity index (χ1n) is 6.60. The zero-order chi connectivity index (χ0) is 13.0. The van der Waals surface area contributed by atoms with E-state index in [0.717, 1.165) is 32.4 Å². The Balaban J connectivity index is 1.87. The Morgan fingerprint density at radius 1 is 1.56 bits per heavy atom. The van der Waals surface area contributed by atoms with Crippen LogP contribution >= 0.6 is 11.3 Å². The summed E-state index contributed by atoms with van der Waals surface area (Å²) < 4.78 is 0. The first-order chi connectivity index (χ1) is 8.68. The van der Waals surface area contributed by atoms with E-state index in [1.165, 1.54) is 11.3 Å². The van der Waals surface area contributed by atoms with E-state index in [9.17, 15) is 4.79 Å². The number of nitrogens with zero attached hydrogens (tertiary/aromatic N) is 1. The fourth-order valence-corrected chi connectivity index (χ4v) is 3.35. The monoisotopic (exact) mass is 266 g/mol. The molecule has 1 heterocycles. The molecule has 2 rings (SSSR count). The Morgan fingerprint density at radius 3 is 2.83 bits per heavy atom. The lowest BCUT2D eigenvalue weighted by atomic mass is 9.67. The van der Waals surface area contributed by atoms with Crippen molar-refractivity contribution < 1.29 is 4.79 Å². The standard InChI is InChI=1S/C14H22N2OS/c1-15-11-14(7-4-8-14)13(17)16(2)9-6-12-5-3-10-18-12/h3,5,10,15H,4,6-9,11H2,1-2H3. The van der Waals surface area contributed by atoms with Crippen molar-refractivity contribution in [3.8, 4) is 0 Å². The van der Waals surface area contributed by atoms with Crippen LogP contribution in [-0.2, 0) is 11.2 Å². The molecule has 0 aromatic carbocycles. The van der Waals surface area contributed by atoms with Gasteiger partial charge in [-0.05, 0) is 37.8 Å². The highest BCUT2D eigenvalue weighted by molar-refractivity contribution is 7.09. The molecule has 0 spiro atoms. The number of carbonyl (C=O) groups excluding carboxylic acids is 1. The molecule has 1 saturated carbocycles. The van der Waals surface area contributed by atoms with Crippen molar-refractivity contribution in [1.29, 1.82) is 0 Å². The quantitative estimate of drug-likeness (QED) is 0.855. The van der Waals surface area contributed by atoms with Gasteiger partial charge in [-0.15, -0.1) is 11.3 Å². The van der Waals surface area contributed by atoms with Gasteiger partial charge in [0, 0.05) is 25.0 Å². The number of rotatable bonds is 6. The molecule has 3 nitrogen and oxygen atoms in total. The van der Waals surface area contributed by atoms with Gasteiger partial charge >= 0.3 is 0 Å². The van der Waals surface area contributed by atoms with E-state index < -0.39 is 0 Å². The van der Waals surface area contributed by atoms with Crippen molar-refractivity contribution in [1.82, 2.24) is 10.2 Å². The molecule has 1 N–H and O–H groups in total. The summed E-state index contributed by atoms with van der Waals surface area (Å²) in [5, 5.41) is 5.26. The molecule has 1 aromatic rings. The number of hydrogen-bond acceptors (Lipinski definition) is 3. The van der Waals surface area contributed by atoms with Gasteiger partial charge in [0.25, 0.3) is 0 Å². The van der Waals surface area contributed by atoms with Crippen LogP contribution in [0.15, 0.2) is 17.5 Å². The van der Waals surface area contributed by atoms with E-state index in [-0.39, 0.29) is 5.41 Å². The average Bonchev–Trinajstić information content (AvgIpc) is 2.83. The summed E-state index contributed by atoms with van der Waals surface area (Å²) in [4.78, 5) is 15.8. The second kappa shape index (κ2) is 5.85. The van der Waals surface area contributed by atoms with Gasteiger partial charge < -0.3 is 10.2 Å². The van der Waals surface area contributed by atoms with E-state index in [0.29, 0.717) is 5.91 Å². The summed E-state index contributed by atoms with van der Waals surface area (Å²) >= 11 is 1.76. The van der Waals surface area contributed by atoms with Gasteiger partial charge in [0.05, 0.1) is 5.41 Å². The summed E-state index contributed by atoms with van der Waals surface area (Å²) in [6, 6.07) is 4.20. The minimum Gasteiger partial charge on any atom is -0.345 e. The molecule has 1 aliphatic rings. The molecular weight excluding hydrogens is 244 g/mol. The van der Waals surface area contributed by atoms with E-state index in [1.807, 2.05) is 19.0 Å². The summed E-state index contributed by atoms with van der Waals surface area (Å²) in [5.41, 5.74) is -0.112. The molecule has 0 atom stereocenters. The predicted octanol–water partition coefficient (Wildman–Crippen LogP) is 2.14. The maximum Gasteiger partial charge on any atom is 0.229 e. The van der Waals surface area contributed by atoms with Crippen LogP contribution in [0.2, 0.25) is 0 Å². The number of amides is 1. The normalized spacial score (nSPS) is 17.2. The van der Waals surface area contributed by atoms with Crippen molar-refractivity contribution in [2.75, 3.05) is 27.2 Å². The number of thiophene rings is 1. The van der Waals surface area contributed by atoms with Gasteiger partial charge in [0.15, 0.2) is 0 Å². The number of hydrogen-bond donors (Lipinski definition) is 1. The lowest BCUT2D eigenvalue weighted by molar-refractivity contribution is -0.145. The van der Waals surface area contributed by atoms with E-state index in [1.54, 1.807) is 11.3 Å². The van der Waals surface area contributed by atoms with Crippen LogP contribution < -0.4 is 5.32 Å². The number of nitrogens with one attached hydrogen (secondary N) is 1. The molecule has 18 heavy (non-hydrogen) atoms. The summed E-state index contributed by atoms with van der Waals surface area (Å²) in [5.74, 6) is 0.319. The number of carbonyl (C=O) groups is 1. The first-order valence-corrected chi connectivity index (χ1v) is 7.48. The average molecular weight is 266 g/mol. The smallest absolute Gasteiger partial charge is 0.229 e. The third-order valence-corrected chi connectivity index (χ3v) is 4.84. The van der Waals surface area contributed by atoms with Crippen molar-refractivity contribution >= 4 is 17.2 Å². The topological polar surface area (TPSA) is 32.3 Å². The van der Waals surface area contributed by atoms with Crippen LogP contribution in [-0.4, -0.2) is 38.0 Å². The Hall–Kier alpha value is -0.870. The highest BCUT2D eigenvalue weighted by Crippen LogP contribution is 2.41. The summed E-state index contributed by atoms with van der Waals surface area (Å²) in [6.45, 7) is 1.64. The number of likely N-dealkylation sites (N-methyl/N-ethyl adjacent to an activating group) is 1. The molecule has 0 saturated heterocycles. The molecule has 1 aromatic heterocycles. The summed E-state index contributed by atoms with van der Waals surface area (Å²) in [7, 11) is 3.87. The molecular formula is C14H22N2OS. The molecule has 0 bridgehead atoms. The third-order valence-electron chi connectivity index (χ3n) is 3.90. The second-order valence-electron chi connectivity index (χ2n) is 5.22. The molecule has 1 aliphatic carbocycles. The van der Waals surface area contributed by atoms with Crippen LogP contribution in [0.25, 0.3) is 0 Å². The summed E-state index contributed by atoms with van der Waals surface area (Å²) in [6.07, 6.45) is 4.23. The second-order valence-corrected chi connectivity index (χ2v) is 6.25.